The molecule has 2 aromatic rings. The van der Waals surface area contributed by atoms with Crippen LogP contribution in [0.4, 0.5) is 11.4 Å². The van der Waals surface area contributed by atoms with E-state index in [0.717, 1.165) is 0 Å². The first-order chi connectivity index (χ1) is 11.9. The van der Waals surface area contributed by atoms with E-state index in [9.17, 15) is 13.2 Å². The van der Waals surface area contributed by atoms with Gasteiger partial charge in [0.25, 0.3) is 5.91 Å². The molecule has 0 bridgehead atoms. The molecule has 8 nitrogen and oxygen atoms in total. The first-order valence-electron chi connectivity index (χ1n) is 7.39. The van der Waals surface area contributed by atoms with Gasteiger partial charge in [0.2, 0.25) is 15.9 Å². The molecule has 9 heteroatoms. The molecule has 134 valence electrons. The van der Waals surface area contributed by atoms with E-state index < -0.39 is 15.9 Å². The number of aromatic nitrogens is 1. The van der Waals surface area contributed by atoms with Gasteiger partial charge in [0.15, 0.2) is 0 Å². The highest BCUT2D eigenvalue weighted by molar-refractivity contribution is 7.92. The topological polar surface area (TPSA) is 107 Å². The summed E-state index contributed by atoms with van der Waals surface area (Å²) in [7, 11) is -0.596. The summed E-state index contributed by atoms with van der Waals surface area (Å²) >= 11 is 0. The van der Waals surface area contributed by atoms with Crippen LogP contribution in [0.25, 0.3) is 0 Å². The molecule has 0 aliphatic heterocycles. The summed E-state index contributed by atoms with van der Waals surface area (Å²) in [6.45, 7) is 1.53. The fourth-order valence-electron chi connectivity index (χ4n) is 2.02. The van der Waals surface area contributed by atoms with Crippen molar-refractivity contribution in [1.82, 2.24) is 4.98 Å². The molecular weight excluding hydrogens is 346 g/mol. The lowest BCUT2D eigenvalue weighted by Gasteiger charge is -2.13. The van der Waals surface area contributed by atoms with Crippen molar-refractivity contribution in [2.24, 2.45) is 0 Å². The van der Waals surface area contributed by atoms with Crippen molar-refractivity contribution in [3.8, 4) is 11.6 Å². The van der Waals surface area contributed by atoms with Crippen LogP contribution in [0, 0.1) is 0 Å². The largest absolute Gasteiger partial charge is 0.494 e. The van der Waals surface area contributed by atoms with Crippen LogP contribution >= 0.6 is 0 Å². The van der Waals surface area contributed by atoms with Crippen molar-refractivity contribution in [1.29, 1.82) is 0 Å². The standard InChI is InChI=1S/C16H19N3O5S/c1-4-25(21,22)19-13-8-7-11(10-14(13)23-2)18-15(20)12-6-5-9-17-16(12)24-3/h5-10,19H,4H2,1-3H3,(H,18,20). The molecule has 0 atom stereocenters. The molecule has 2 rings (SSSR count). The van der Waals surface area contributed by atoms with Crippen LogP contribution in [-0.2, 0) is 10.0 Å². The van der Waals surface area contributed by atoms with Crippen molar-refractivity contribution < 1.29 is 22.7 Å². The van der Waals surface area contributed by atoms with Gasteiger partial charge in [0.1, 0.15) is 11.3 Å². The number of carbonyl (C=O) groups excluding carboxylic acids is 1. The number of methoxy groups -OCH3 is 2. The zero-order valence-corrected chi connectivity index (χ0v) is 14.9. The molecule has 0 unspecified atom stereocenters. The second kappa shape index (κ2) is 7.84. The molecule has 0 radical (unpaired) electrons. The van der Waals surface area contributed by atoms with E-state index in [2.05, 4.69) is 15.0 Å². The molecule has 0 aliphatic rings. The fraction of sp³-hybridized carbons (Fsp3) is 0.250. The molecule has 0 aliphatic carbocycles. The quantitative estimate of drug-likeness (QED) is 0.778. The maximum atomic E-state index is 12.4. The maximum absolute atomic E-state index is 12.4. The van der Waals surface area contributed by atoms with Gasteiger partial charge in [0.05, 0.1) is 25.7 Å². The smallest absolute Gasteiger partial charge is 0.261 e. The second-order valence-corrected chi connectivity index (χ2v) is 6.95. The summed E-state index contributed by atoms with van der Waals surface area (Å²) in [6, 6.07) is 7.82. The maximum Gasteiger partial charge on any atom is 0.261 e. The zero-order valence-electron chi connectivity index (χ0n) is 14.1. The van der Waals surface area contributed by atoms with E-state index in [1.54, 1.807) is 18.2 Å². The lowest BCUT2D eigenvalue weighted by atomic mass is 10.2. The summed E-state index contributed by atoms with van der Waals surface area (Å²) in [4.78, 5) is 16.3. The van der Waals surface area contributed by atoms with Crippen LogP contribution < -0.4 is 19.5 Å². The van der Waals surface area contributed by atoms with Gasteiger partial charge in [-0.3, -0.25) is 9.52 Å². The Hall–Kier alpha value is -2.81. The number of benzene rings is 1. The molecule has 0 fully saturated rings. The Bertz CT molecular complexity index is 868. The van der Waals surface area contributed by atoms with Gasteiger partial charge in [-0.1, -0.05) is 0 Å². The van der Waals surface area contributed by atoms with Crippen molar-refractivity contribution in [2.45, 2.75) is 6.92 Å². The molecule has 1 aromatic heterocycles. The molecule has 2 N–H and O–H groups in total. The number of anilines is 2. The number of nitrogens with zero attached hydrogens (tertiary/aromatic N) is 1. The molecule has 0 saturated carbocycles. The Balaban J connectivity index is 2.25. The molecule has 0 spiro atoms. The number of ether oxygens (including phenoxy) is 2. The van der Waals surface area contributed by atoms with Crippen molar-refractivity contribution in [3.63, 3.8) is 0 Å². The van der Waals surface area contributed by atoms with Gasteiger partial charge < -0.3 is 14.8 Å². The van der Waals surface area contributed by atoms with Crippen LogP contribution in [0.5, 0.6) is 11.6 Å². The van der Waals surface area contributed by atoms with Gasteiger partial charge in [-0.05, 0) is 31.2 Å². The lowest BCUT2D eigenvalue weighted by molar-refractivity contribution is 0.102. The normalized spacial score (nSPS) is 10.8. The SMILES string of the molecule is CCS(=O)(=O)Nc1ccc(NC(=O)c2cccnc2OC)cc1OC. The molecule has 1 heterocycles. The van der Waals surface area contributed by atoms with Gasteiger partial charge in [-0.2, -0.15) is 0 Å². The summed E-state index contributed by atoms with van der Waals surface area (Å²) in [5.74, 6) is 0.0243. The van der Waals surface area contributed by atoms with Crippen LogP contribution in [-0.4, -0.2) is 39.3 Å². The fourth-order valence-corrected chi connectivity index (χ4v) is 2.67. The Morgan fingerprint density at radius 3 is 2.60 bits per heavy atom. The predicted molar refractivity (Wildman–Crippen MR) is 94.8 cm³/mol. The van der Waals surface area contributed by atoms with Crippen molar-refractivity contribution in [2.75, 3.05) is 30.0 Å². The third kappa shape index (κ3) is 4.60. The highest BCUT2D eigenvalue weighted by Crippen LogP contribution is 2.29. The monoisotopic (exact) mass is 365 g/mol. The van der Waals surface area contributed by atoms with Gasteiger partial charge >= 0.3 is 0 Å². The summed E-state index contributed by atoms with van der Waals surface area (Å²) in [5, 5.41) is 2.70. The highest BCUT2D eigenvalue weighted by Gasteiger charge is 2.15. The Morgan fingerprint density at radius 2 is 1.96 bits per heavy atom. The van der Waals surface area contributed by atoms with Crippen LogP contribution in [0.1, 0.15) is 17.3 Å². The number of nitrogens with one attached hydrogen (secondary N) is 2. The Kier molecular flexibility index (Phi) is 5.81. The summed E-state index contributed by atoms with van der Waals surface area (Å²) < 4.78 is 36.1. The van der Waals surface area contributed by atoms with E-state index in [1.165, 1.54) is 39.5 Å². The van der Waals surface area contributed by atoms with Crippen LogP contribution in [0.15, 0.2) is 36.5 Å². The zero-order chi connectivity index (χ0) is 18.4. The van der Waals surface area contributed by atoms with Gasteiger partial charge in [-0.25, -0.2) is 13.4 Å². The molecule has 1 amide bonds. The first-order valence-corrected chi connectivity index (χ1v) is 9.04. The van der Waals surface area contributed by atoms with E-state index in [1.807, 2.05) is 0 Å². The van der Waals surface area contributed by atoms with Crippen LogP contribution in [0.2, 0.25) is 0 Å². The number of carbonyl (C=O) groups is 1. The number of hydrogen-bond donors (Lipinski definition) is 2. The Labute approximate surface area is 146 Å². The third-order valence-corrected chi connectivity index (χ3v) is 4.61. The van der Waals surface area contributed by atoms with E-state index >= 15 is 0 Å². The van der Waals surface area contributed by atoms with E-state index in [0.29, 0.717) is 11.4 Å². The average Bonchev–Trinajstić information content (AvgIpc) is 2.62. The summed E-state index contributed by atoms with van der Waals surface area (Å²) in [6.07, 6.45) is 1.52. The third-order valence-electron chi connectivity index (χ3n) is 3.31. The first kappa shape index (κ1) is 18.5. The highest BCUT2D eigenvalue weighted by atomic mass is 32.2. The number of hydrogen-bond acceptors (Lipinski definition) is 6. The minimum absolute atomic E-state index is 0.0601. The Morgan fingerprint density at radius 1 is 1.20 bits per heavy atom. The molecule has 25 heavy (non-hydrogen) atoms. The second-order valence-electron chi connectivity index (χ2n) is 4.93. The van der Waals surface area contributed by atoms with Crippen molar-refractivity contribution in [3.05, 3.63) is 42.1 Å². The van der Waals surface area contributed by atoms with Gasteiger partial charge in [0, 0.05) is 18.0 Å². The van der Waals surface area contributed by atoms with Gasteiger partial charge in [-0.15, -0.1) is 0 Å². The van der Waals surface area contributed by atoms with E-state index in [4.69, 9.17) is 9.47 Å². The molecule has 0 saturated heterocycles. The number of amides is 1. The lowest BCUT2D eigenvalue weighted by Crippen LogP contribution is -2.16. The summed E-state index contributed by atoms with van der Waals surface area (Å²) in [5.41, 5.74) is 1.01. The van der Waals surface area contributed by atoms with Crippen molar-refractivity contribution >= 4 is 27.3 Å². The number of rotatable bonds is 7. The predicted octanol–water partition coefficient (Wildman–Crippen LogP) is 2.11. The van der Waals surface area contributed by atoms with E-state index in [-0.39, 0.29) is 22.9 Å². The molecular formula is C16H19N3O5S. The van der Waals surface area contributed by atoms with Crippen LogP contribution in [0.3, 0.4) is 0 Å². The number of pyridine rings is 1. The average molecular weight is 365 g/mol. The minimum atomic E-state index is -3.44. The molecule has 1 aromatic carbocycles. The number of sulfonamides is 1. The minimum Gasteiger partial charge on any atom is -0.494 e.